The standard InChI is InChI=1S/C17H10BrN5O4S2/c18-12-7-9(23(26)27)5-6-10(12)15-20-21-17(28-15)19-14(24)8-22-16(25)11-3-1-2-4-13(11)29-22/h1-7H,8H2,(H,19,21,24). The number of anilines is 1. The Kier molecular flexibility index (Phi) is 5.22. The highest BCUT2D eigenvalue weighted by molar-refractivity contribution is 9.10. The molecular weight excluding hydrogens is 482 g/mol. The first-order valence-electron chi connectivity index (χ1n) is 8.09. The van der Waals surface area contributed by atoms with E-state index in [1.807, 2.05) is 12.1 Å². The Bertz CT molecular complexity index is 1310. The van der Waals surface area contributed by atoms with Crippen LogP contribution >= 0.6 is 38.8 Å². The monoisotopic (exact) mass is 491 g/mol. The molecule has 0 radical (unpaired) electrons. The minimum Gasteiger partial charge on any atom is -0.299 e. The Labute approximate surface area is 179 Å². The second-order valence-electron chi connectivity index (χ2n) is 5.81. The molecule has 0 bridgehead atoms. The molecule has 2 aromatic heterocycles. The zero-order valence-electron chi connectivity index (χ0n) is 14.4. The van der Waals surface area contributed by atoms with Crippen LogP contribution in [0.4, 0.5) is 10.8 Å². The third-order valence-electron chi connectivity index (χ3n) is 3.90. The molecule has 4 aromatic rings. The topological polar surface area (TPSA) is 120 Å². The number of nitro benzene ring substituents is 1. The van der Waals surface area contributed by atoms with Gasteiger partial charge in [0.2, 0.25) is 11.0 Å². The molecule has 1 N–H and O–H groups in total. The van der Waals surface area contributed by atoms with Crippen LogP contribution in [0, 0.1) is 10.1 Å². The number of aromatic nitrogens is 3. The maximum absolute atomic E-state index is 12.3. The minimum absolute atomic E-state index is 0.0487. The van der Waals surface area contributed by atoms with Gasteiger partial charge in [0.15, 0.2) is 5.01 Å². The molecule has 12 heteroatoms. The summed E-state index contributed by atoms with van der Waals surface area (Å²) in [5, 5.41) is 22.8. The van der Waals surface area contributed by atoms with Crippen molar-refractivity contribution in [3.8, 4) is 10.6 Å². The van der Waals surface area contributed by atoms with E-state index in [9.17, 15) is 19.7 Å². The average Bonchev–Trinajstić information content (AvgIpc) is 3.26. The van der Waals surface area contributed by atoms with Crippen molar-refractivity contribution in [1.29, 1.82) is 0 Å². The van der Waals surface area contributed by atoms with Crippen molar-refractivity contribution in [2.45, 2.75) is 6.54 Å². The number of rotatable bonds is 5. The number of nitro groups is 1. The molecular formula is C17H10BrN5O4S2. The summed E-state index contributed by atoms with van der Waals surface area (Å²) in [6.45, 7) is -0.131. The third-order valence-corrected chi connectivity index (χ3v) is 6.50. The largest absolute Gasteiger partial charge is 0.299 e. The number of hydrogen-bond donors (Lipinski definition) is 1. The lowest BCUT2D eigenvalue weighted by molar-refractivity contribution is -0.384. The molecule has 0 spiro atoms. The summed E-state index contributed by atoms with van der Waals surface area (Å²) in [4.78, 5) is 35.0. The van der Waals surface area contributed by atoms with Crippen molar-refractivity contribution in [3.63, 3.8) is 0 Å². The van der Waals surface area contributed by atoms with Gasteiger partial charge in [0, 0.05) is 22.2 Å². The average molecular weight is 492 g/mol. The predicted octanol–water partition coefficient (Wildman–Crippen LogP) is 3.89. The van der Waals surface area contributed by atoms with Gasteiger partial charge in [-0.2, -0.15) is 0 Å². The van der Waals surface area contributed by atoms with Crippen LogP contribution in [0.5, 0.6) is 0 Å². The number of benzene rings is 2. The van der Waals surface area contributed by atoms with E-state index in [2.05, 4.69) is 31.4 Å². The van der Waals surface area contributed by atoms with Gasteiger partial charge < -0.3 is 0 Å². The summed E-state index contributed by atoms with van der Waals surface area (Å²) in [7, 11) is 0. The van der Waals surface area contributed by atoms with E-state index in [1.165, 1.54) is 27.6 Å². The van der Waals surface area contributed by atoms with Crippen molar-refractivity contribution in [3.05, 3.63) is 67.4 Å². The van der Waals surface area contributed by atoms with Crippen LogP contribution in [-0.2, 0) is 11.3 Å². The van der Waals surface area contributed by atoms with Crippen LogP contribution in [0.2, 0.25) is 0 Å². The molecule has 2 aromatic carbocycles. The Morgan fingerprint density at radius 2 is 2.03 bits per heavy atom. The van der Waals surface area contributed by atoms with E-state index < -0.39 is 10.8 Å². The molecule has 9 nitrogen and oxygen atoms in total. The molecule has 146 valence electrons. The van der Waals surface area contributed by atoms with E-state index in [0.717, 1.165) is 16.0 Å². The molecule has 0 atom stereocenters. The van der Waals surface area contributed by atoms with Gasteiger partial charge in [0.25, 0.3) is 11.2 Å². The summed E-state index contributed by atoms with van der Waals surface area (Å²) in [6.07, 6.45) is 0. The molecule has 4 rings (SSSR count). The van der Waals surface area contributed by atoms with Crippen molar-refractivity contribution in [1.82, 2.24) is 14.2 Å². The Morgan fingerprint density at radius 1 is 1.24 bits per heavy atom. The normalized spacial score (nSPS) is 10.9. The first-order valence-corrected chi connectivity index (χ1v) is 10.5. The van der Waals surface area contributed by atoms with Gasteiger partial charge in [0.05, 0.1) is 15.0 Å². The minimum atomic E-state index is -0.490. The number of hydrogen-bond acceptors (Lipinski definition) is 8. The number of fused-ring (bicyclic) bond motifs is 1. The SMILES string of the molecule is O=C(Cn1sc2ccccc2c1=O)Nc1nnc(-c2ccc([N+](=O)[O-])cc2Br)s1. The highest BCUT2D eigenvalue weighted by atomic mass is 79.9. The predicted molar refractivity (Wildman–Crippen MR) is 114 cm³/mol. The lowest BCUT2D eigenvalue weighted by Gasteiger charge is -2.01. The van der Waals surface area contributed by atoms with Gasteiger partial charge in [-0.1, -0.05) is 35.0 Å². The molecule has 0 aliphatic carbocycles. The number of non-ortho nitro benzene ring substituents is 1. The first-order chi connectivity index (χ1) is 13.9. The van der Waals surface area contributed by atoms with Crippen LogP contribution in [0.15, 0.2) is 51.7 Å². The number of nitrogens with zero attached hydrogens (tertiary/aromatic N) is 4. The first kappa shape index (κ1) is 19.4. The van der Waals surface area contributed by atoms with Gasteiger partial charge in [-0.15, -0.1) is 10.2 Å². The smallest absolute Gasteiger partial charge is 0.270 e. The van der Waals surface area contributed by atoms with Crippen molar-refractivity contribution in [2.24, 2.45) is 0 Å². The van der Waals surface area contributed by atoms with E-state index >= 15 is 0 Å². The molecule has 29 heavy (non-hydrogen) atoms. The van der Waals surface area contributed by atoms with Crippen LogP contribution in [0.25, 0.3) is 20.7 Å². The van der Waals surface area contributed by atoms with Crippen molar-refractivity contribution < 1.29 is 9.72 Å². The third kappa shape index (κ3) is 3.95. The second kappa shape index (κ2) is 7.81. The number of carbonyl (C=O) groups is 1. The molecule has 0 saturated carbocycles. The van der Waals surface area contributed by atoms with E-state index in [-0.39, 0.29) is 22.9 Å². The van der Waals surface area contributed by atoms with Crippen LogP contribution in [-0.4, -0.2) is 25.0 Å². The summed E-state index contributed by atoms with van der Waals surface area (Å²) < 4.78 is 2.69. The van der Waals surface area contributed by atoms with Crippen LogP contribution in [0.1, 0.15) is 0 Å². The molecule has 1 amide bonds. The Hall–Kier alpha value is -2.96. The summed E-state index contributed by atoms with van der Waals surface area (Å²) >= 11 is 5.64. The van der Waals surface area contributed by atoms with Crippen molar-refractivity contribution >= 4 is 65.6 Å². The fourth-order valence-electron chi connectivity index (χ4n) is 2.58. The second-order valence-corrected chi connectivity index (χ2v) is 8.71. The number of amides is 1. The molecule has 0 fully saturated rings. The Morgan fingerprint density at radius 3 is 2.76 bits per heavy atom. The summed E-state index contributed by atoms with van der Waals surface area (Å²) in [6, 6.07) is 11.5. The zero-order valence-corrected chi connectivity index (χ0v) is 17.6. The summed E-state index contributed by atoms with van der Waals surface area (Å²) in [5.41, 5.74) is 0.357. The fraction of sp³-hybridized carbons (Fsp3) is 0.0588. The lowest BCUT2D eigenvalue weighted by atomic mass is 10.2. The highest BCUT2D eigenvalue weighted by Gasteiger charge is 2.16. The van der Waals surface area contributed by atoms with Gasteiger partial charge in [-0.05, 0) is 34.1 Å². The lowest BCUT2D eigenvalue weighted by Crippen LogP contribution is -2.23. The highest BCUT2D eigenvalue weighted by Crippen LogP contribution is 2.34. The maximum atomic E-state index is 12.3. The van der Waals surface area contributed by atoms with Crippen molar-refractivity contribution in [2.75, 3.05) is 5.32 Å². The summed E-state index contributed by atoms with van der Waals surface area (Å²) in [5.74, 6) is -0.399. The van der Waals surface area contributed by atoms with Gasteiger partial charge in [-0.25, -0.2) is 0 Å². The quantitative estimate of drug-likeness (QED) is 0.334. The van der Waals surface area contributed by atoms with Gasteiger partial charge in [0.1, 0.15) is 6.54 Å². The van der Waals surface area contributed by atoms with Crippen LogP contribution < -0.4 is 10.9 Å². The molecule has 0 saturated heterocycles. The molecule has 0 unspecified atom stereocenters. The van der Waals surface area contributed by atoms with E-state index in [0.29, 0.717) is 20.4 Å². The molecule has 2 heterocycles. The Balaban J connectivity index is 1.50. The number of halogens is 1. The molecule has 0 aliphatic rings. The fourth-order valence-corrected chi connectivity index (χ4v) is 5.06. The van der Waals surface area contributed by atoms with Gasteiger partial charge in [-0.3, -0.25) is 29.0 Å². The van der Waals surface area contributed by atoms with Gasteiger partial charge >= 0.3 is 0 Å². The van der Waals surface area contributed by atoms with Crippen LogP contribution in [0.3, 0.4) is 0 Å². The maximum Gasteiger partial charge on any atom is 0.270 e. The van der Waals surface area contributed by atoms with E-state index in [4.69, 9.17) is 0 Å². The number of nitrogens with one attached hydrogen (secondary N) is 1. The molecule has 0 aliphatic heterocycles. The number of carbonyl (C=O) groups excluding carboxylic acids is 1. The zero-order chi connectivity index (χ0) is 20.5. The van der Waals surface area contributed by atoms with E-state index in [1.54, 1.807) is 18.2 Å².